The lowest BCUT2D eigenvalue weighted by molar-refractivity contribution is -0.123. The number of hydrazone groups is 1. The normalized spacial score (nSPS) is 12.2. The molecule has 7 nitrogen and oxygen atoms in total. The number of hydrogen-bond donors (Lipinski definition) is 2. The molecule has 0 aliphatic heterocycles. The van der Waals surface area contributed by atoms with Gasteiger partial charge in [-0.15, -0.1) is 0 Å². The van der Waals surface area contributed by atoms with E-state index in [1.54, 1.807) is 43.5 Å². The van der Waals surface area contributed by atoms with Gasteiger partial charge in [0.15, 0.2) is 11.5 Å². The zero-order valence-electron chi connectivity index (χ0n) is 18.6. The number of methoxy groups -OCH3 is 1. The highest BCUT2D eigenvalue weighted by atomic mass is 79.9. The second kappa shape index (κ2) is 11.9. The number of carbonyl (C=O) groups is 2. The van der Waals surface area contributed by atoms with E-state index in [0.717, 1.165) is 0 Å². The second-order valence-electron chi connectivity index (χ2n) is 7.61. The molecule has 0 saturated carbocycles. The Morgan fingerprint density at radius 3 is 2.44 bits per heavy atom. The fraction of sp³-hybridized carbons (Fsp3) is 0.348. The molecule has 2 rings (SSSR count). The van der Waals surface area contributed by atoms with Crippen LogP contribution in [-0.2, 0) is 4.79 Å². The molecule has 32 heavy (non-hydrogen) atoms. The van der Waals surface area contributed by atoms with Crippen molar-refractivity contribution >= 4 is 45.6 Å². The monoisotopic (exact) mass is 523 g/mol. The zero-order valence-corrected chi connectivity index (χ0v) is 21.0. The summed E-state index contributed by atoms with van der Waals surface area (Å²) in [5.74, 6) is 0.0855. The fourth-order valence-electron chi connectivity index (χ4n) is 2.80. The van der Waals surface area contributed by atoms with Crippen molar-refractivity contribution in [3.63, 3.8) is 0 Å². The molecule has 2 aromatic carbocycles. The Balaban J connectivity index is 2.11. The Bertz CT molecular complexity index is 995. The highest BCUT2D eigenvalue weighted by Gasteiger charge is 2.25. The van der Waals surface area contributed by atoms with Crippen molar-refractivity contribution in [2.45, 2.75) is 39.8 Å². The number of carbonyl (C=O) groups excluding carboxylic acids is 2. The summed E-state index contributed by atoms with van der Waals surface area (Å²) in [6.45, 7) is 7.51. The molecule has 0 saturated heterocycles. The summed E-state index contributed by atoms with van der Waals surface area (Å²) in [6.07, 6.45) is 1.46. The third-order valence-corrected chi connectivity index (χ3v) is 5.27. The molecule has 0 fully saturated rings. The topological polar surface area (TPSA) is 89.0 Å². The molecule has 1 atom stereocenters. The van der Waals surface area contributed by atoms with Gasteiger partial charge in [-0.25, -0.2) is 5.43 Å². The predicted molar refractivity (Wildman–Crippen MR) is 130 cm³/mol. The summed E-state index contributed by atoms with van der Waals surface area (Å²) >= 11 is 9.55. The minimum absolute atomic E-state index is 0.0204. The number of amides is 2. The molecule has 2 amide bonds. The number of ether oxygens (including phenoxy) is 2. The molecule has 0 radical (unpaired) electrons. The SMILES string of the molecule is COc1cc(/C=N/NC(=O)C(NC(=O)c2ccccc2Cl)C(C)C)cc(Br)c1OC(C)C. The van der Waals surface area contributed by atoms with Crippen molar-refractivity contribution < 1.29 is 19.1 Å². The van der Waals surface area contributed by atoms with Crippen LogP contribution in [0, 0.1) is 5.92 Å². The number of rotatable bonds is 9. The quantitative estimate of drug-likeness (QED) is 0.364. The van der Waals surface area contributed by atoms with Gasteiger partial charge in [0, 0.05) is 0 Å². The van der Waals surface area contributed by atoms with Crippen LogP contribution in [0.3, 0.4) is 0 Å². The van der Waals surface area contributed by atoms with E-state index in [2.05, 4.69) is 31.8 Å². The lowest BCUT2D eigenvalue weighted by Crippen LogP contribution is -2.48. The van der Waals surface area contributed by atoms with Crippen LogP contribution in [0.25, 0.3) is 0 Å². The van der Waals surface area contributed by atoms with Gasteiger partial charge in [-0.3, -0.25) is 9.59 Å². The van der Waals surface area contributed by atoms with Gasteiger partial charge in [0.2, 0.25) is 0 Å². The van der Waals surface area contributed by atoms with Crippen LogP contribution in [-0.4, -0.2) is 37.3 Å². The molecule has 172 valence electrons. The molecule has 0 spiro atoms. The van der Waals surface area contributed by atoms with E-state index < -0.39 is 17.9 Å². The first-order valence-electron chi connectivity index (χ1n) is 10.1. The van der Waals surface area contributed by atoms with Crippen molar-refractivity contribution in [3.05, 3.63) is 57.0 Å². The van der Waals surface area contributed by atoms with E-state index in [1.165, 1.54) is 6.21 Å². The maximum absolute atomic E-state index is 12.7. The van der Waals surface area contributed by atoms with E-state index in [-0.39, 0.29) is 12.0 Å². The molecule has 0 aromatic heterocycles. The molecule has 9 heteroatoms. The summed E-state index contributed by atoms with van der Waals surface area (Å²) in [7, 11) is 1.55. The van der Waals surface area contributed by atoms with Gasteiger partial charge in [-0.2, -0.15) is 5.10 Å². The summed E-state index contributed by atoms with van der Waals surface area (Å²) in [5.41, 5.74) is 3.47. The molecule has 0 heterocycles. The van der Waals surface area contributed by atoms with Gasteiger partial charge >= 0.3 is 0 Å². The summed E-state index contributed by atoms with van der Waals surface area (Å²) < 4.78 is 11.9. The van der Waals surface area contributed by atoms with E-state index in [0.29, 0.717) is 32.1 Å². The highest BCUT2D eigenvalue weighted by molar-refractivity contribution is 9.10. The van der Waals surface area contributed by atoms with Gasteiger partial charge in [0.1, 0.15) is 6.04 Å². The van der Waals surface area contributed by atoms with Crippen molar-refractivity contribution in [2.24, 2.45) is 11.0 Å². The van der Waals surface area contributed by atoms with E-state index in [4.69, 9.17) is 21.1 Å². The highest BCUT2D eigenvalue weighted by Crippen LogP contribution is 2.37. The molecule has 0 aliphatic rings. The summed E-state index contributed by atoms with van der Waals surface area (Å²) in [5, 5.41) is 7.07. The summed E-state index contributed by atoms with van der Waals surface area (Å²) in [6, 6.07) is 9.41. The first-order valence-corrected chi connectivity index (χ1v) is 11.2. The standard InChI is InChI=1S/C23H27BrClN3O4/c1-13(2)20(27-22(29)16-8-6-7-9-18(16)25)23(30)28-26-12-15-10-17(24)21(32-14(3)4)19(11-15)31-5/h6-14,20H,1-5H3,(H,27,29)(H,28,30)/b26-12+. The predicted octanol–water partition coefficient (Wildman–Crippen LogP) is 4.80. The Morgan fingerprint density at radius 2 is 1.84 bits per heavy atom. The third kappa shape index (κ3) is 6.97. The number of nitrogens with zero attached hydrogens (tertiary/aromatic N) is 1. The first kappa shape index (κ1) is 25.7. The largest absolute Gasteiger partial charge is 0.493 e. The molecule has 2 aromatic rings. The second-order valence-corrected chi connectivity index (χ2v) is 8.87. The van der Waals surface area contributed by atoms with Gasteiger partial charge in [0.25, 0.3) is 11.8 Å². The minimum Gasteiger partial charge on any atom is -0.493 e. The number of benzene rings is 2. The number of nitrogens with one attached hydrogen (secondary N) is 2. The van der Waals surface area contributed by atoms with Gasteiger partial charge in [-0.05, 0) is 65.5 Å². The summed E-state index contributed by atoms with van der Waals surface area (Å²) in [4.78, 5) is 25.2. The van der Waals surface area contributed by atoms with E-state index >= 15 is 0 Å². The van der Waals surface area contributed by atoms with Gasteiger partial charge in [-0.1, -0.05) is 37.6 Å². The third-order valence-electron chi connectivity index (χ3n) is 4.35. The van der Waals surface area contributed by atoms with Crippen LogP contribution in [0.2, 0.25) is 5.02 Å². The van der Waals surface area contributed by atoms with Crippen LogP contribution in [0.4, 0.5) is 0 Å². The minimum atomic E-state index is -0.793. The van der Waals surface area contributed by atoms with Crippen LogP contribution < -0.4 is 20.2 Å². The Morgan fingerprint density at radius 1 is 1.16 bits per heavy atom. The molecule has 2 N–H and O–H groups in total. The van der Waals surface area contributed by atoms with E-state index in [1.807, 2.05) is 27.7 Å². The smallest absolute Gasteiger partial charge is 0.262 e. The fourth-order valence-corrected chi connectivity index (χ4v) is 3.58. The molecule has 1 unspecified atom stereocenters. The number of halogens is 2. The Kier molecular flexibility index (Phi) is 9.53. The maximum Gasteiger partial charge on any atom is 0.262 e. The molecule has 0 aliphatic carbocycles. The molecule has 0 bridgehead atoms. The van der Waals surface area contributed by atoms with Crippen LogP contribution in [0.15, 0.2) is 46.0 Å². The van der Waals surface area contributed by atoms with Crippen molar-refractivity contribution in [1.29, 1.82) is 0 Å². The lowest BCUT2D eigenvalue weighted by Gasteiger charge is -2.20. The molecular weight excluding hydrogens is 498 g/mol. The lowest BCUT2D eigenvalue weighted by atomic mass is 10.0. The van der Waals surface area contributed by atoms with Gasteiger partial charge in [0.05, 0.1) is 34.5 Å². The Hall–Kier alpha value is -2.58. The Labute approximate surface area is 201 Å². The zero-order chi connectivity index (χ0) is 23.8. The van der Waals surface area contributed by atoms with Gasteiger partial charge < -0.3 is 14.8 Å². The number of hydrogen-bond acceptors (Lipinski definition) is 5. The first-order chi connectivity index (χ1) is 15.1. The van der Waals surface area contributed by atoms with Crippen molar-refractivity contribution in [2.75, 3.05) is 7.11 Å². The molecular formula is C23H27BrClN3O4. The van der Waals surface area contributed by atoms with Crippen LogP contribution in [0.5, 0.6) is 11.5 Å². The van der Waals surface area contributed by atoms with Crippen molar-refractivity contribution in [1.82, 2.24) is 10.7 Å². The van der Waals surface area contributed by atoms with E-state index in [9.17, 15) is 9.59 Å². The average molecular weight is 525 g/mol. The maximum atomic E-state index is 12.7. The van der Waals surface area contributed by atoms with Crippen molar-refractivity contribution in [3.8, 4) is 11.5 Å². The van der Waals surface area contributed by atoms with Crippen LogP contribution >= 0.6 is 27.5 Å². The van der Waals surface area contributed by atoms with Crippen LogP contribution in [0.1, 0.15) is 43.6 Å². The average Bonchev–Trinajstić information content (AvgIpc) is 2.73.